The minimum Gasteiger partial charge on any atom is -0.481 e. The zero-order chi connectivity index (χ0) is 26.6. The minimum absolute atomic E-state index is 0.0365. The highest BCUT2D eigenvalue weighted by molar-refractivity contribution is 8.02. The third-order valence-corrected chi connectivity index (χ3v) is 8.26. The van der Waals surface area contributed by atoms with Crippen molar-refractivity contribution in [2.24, 2.45) is 10.6 Å². The Balaban J connectivity index is 1.43. The van der Waals surface area contributed by atoms with Crippen molar-refractivity contribution in [2.75, 3.05) is 24.6 Å². The van der Waals surface area contributed by atoms with Gasteiger partial charge in [-0.2, -0.15) is 9.36 Å². The van der Waals surface area contributed by atoms with Gasteiger partial charge < -0.3 is 25.9 Å². The Morgan fingerprint density at radius 3 is 2.97 bits per heavy atom. The van der Waals surface area contributed by atoms with Gasteiger partial charge in [0.05, 0.1) is 0 Å². The first kappa shape index (κ1) is 26.6. The number of fused-ring (bicyclic) bond motifs is 1. The number of tetrazole rings is 1. The summed E-state index contributed by atoms with van der Waals surface area (Å²) in [7, 11) is 0. The number of carbonyl (C=O) groups is 3. The van der Waals surface area contributed by atoms with E-state index in [0.29, 0.717) is 11.7 Å². The number of carboxylic acid groups (broad SMARTS) is 1. The number of nitrogens with two attached hydrogens (primary N) is 1. The van der Waals surface area contributed by atoms with Crippen LogP contribution in [0.15, 0.2) is 34.5 Å². The van der Waals surface area contributed by atoms with Crippen molar-refractivity contribution in [2.45, 2.75) is 30.0 Å². The third-order valence-electron chi connectivity index (χ3n) is 5.39. The molecule has 0 saturated carbocycles. The van der Waals surface area contributed by atoms with Crippen LogP contribution in [0.2, 0.25) is 0 Å². The highest BCUT2D eigenvalue weighted by Crippen LogP contribution is 2.43. The van der Waals surface area contributed by atoms with Crippen molar-refractivity contribution in [3.05, 3.63) is 30.0 Å². The zero-order valence-corrected chi connectivity index (χ0v) is 21.8. The van der Waals surface area contributed by atoms with E-state index in [2.05, 4.69) is 41.9 Å². The summed E-state index contributed by atoms with van der Waals surface area (Å²) in [5.74, 6) is -2.05. The molecule has 0 spiro atoms. The number of rotatable bonds is 11. The number of anilines is 1. The lowest BCUT2D eigenvalue weighted by Crippen LogP contribution is -2.73. The lowest BCUT2D eigenvalue weighted by molar-refractivity contribution is -0.156. The first-order valence-corrected chi connectivity index (χ1v) is 13.5. The number of nitrogen functional groups attached to an aromatic ring is 1. The van der Waals surface area contributed by atoms with Crippen LogP contribution in [-0.2, 0) is 25.8 Å². The number of thioether (sulfide) groups is 2. The van der Waals surface area contributed by atoms with Crippen LogP contribution < -0.4 is 11.1 Å². The van der Waals surface area contributed by atoms with Gasteiger partial charge in [0.1, 0.15) is 23.4 Å². The second-order valence-corrected chi connectivity index (χ2v) is 10.5. The molecule has 0 aliphatic carbocycles. The Morgan fingerprint density at radius 1 is 1.49 bits per heavy atom. The number of hydrogen-bond acceptors (Lipinski definition) is 14. The van der Waals surface area contributed by atoms with Crippen LogP contribution in [0.3, 0.4) is 0 Å². The van der Waals surface area contributed by atoms with Gasteiger partial charge in [0, 0.05) is 30.4 Å². The highest BCUT2D eigenvalue weighted by Gasteiger charge is 2.57. The Morgan fingerprint density at radius 2 is 2.30 bits per heavy atom. The van der Waals surface area contributed by atoms with Crippen molar-refractivity contribution in [3.8, 4) is 0 Å². The molecule has 4 rings (SSSR count). The van der Waals surface area contributed by atoms with Crippen LogP contribution in [0.5, 0.6) is 0 Å². The number of amides is 2. The van der Waals surface area contributed by atoms with Crippen LogP contribution in [0.1, 0.15) is 12.7 Å². The molecule has 4 N–H and O–H groups in total. The fourth-order valence-electron chi connectivity index (χ4n) is 3.48. The van der Waals surface area contributed by atoms with E-state index in [1.807, 2.05) is 6.92 Å². The van der Waals surface area contributed by atoms with E-state index in [1.54, 1.807) is 16.2 Å². The molecular weight excluding hydrogens is 544 g/mol. The molecule has 37 heavy (non-hydrogen) atoms. The Hall–Kier alpha value is -3.51. The smallest absolute Gasteiger partial charge is 0.316 e. The van der Waals surface area contributed by atoms with E-state index in [4.69, 9.17) is 10.6 Å². The van der Waals surface area contributed by atoms with Gasteiger partial charge in [-0.1, -0.05) is 35.6 Å². The summed E-state index contributed by atoms with van der Waals surface area (Å²) < 4.78 is 5.56. The summed E-state index contributed by atoms with van der Waals surface area (Å²) in [5, 5.41) is 29.6. The molecule has 196 valence electrons. The number of β-lactam (4-membered cyclic amide) rings is 1. The maximum absolute atomic E-state index is 12.9. The maximum atomic E-state index is 12.9. The lowest BCUT2D eigenvalue weighted by Gasteiger charge is -2.53. The van der Waals surface area contributed by atoms with Gasteiger partial charge in [-0.05, 0) is 22.8 Å². The van der Waals surface area contributed by atoms with Gasteiger partial charge >= 0.3 is 5.97 Å². The van der Waals surface area contributed by atoms with Crippen LogP contribution in [0.25, 0.3) is 0 Å². The van der Waals surface area contributed by atoms with Crippen LogP contribution in [-0.4, -0.2) is 93.4 Å². The molecule has 18 heteroatoms. The Kier molecular flexibility index (Phi) is 8.08. The lowest BCUT2D eigenvalue weighted by atomic mass is 9.87. The van der Waals surface area contributed by atoms with E-state index in [1.165, 1.54) is 34.5 Å². The molecule has 0 bridgehead atoms. The Labute approximate surface area is 222 Å². The van der Waals surface area contributed by atoms with E-state index < -0.39 is 34.6 Å². The molecule has 2 aromatic heterocycles. The van der Waals surface area contributed by atoms with Crippen molar-refractivity contribution >= 4 is 63.7 Å². The summed E-state index contributed by atoms with van der Waals surface area (Å²) in [5.41, 5.74) is 4.07. The highest BCUT2D eigenvalue weighted by atomic mass is 32.2. The summed E-state index contributed by atoms with van der Waals surface area (Å²) in [6, 6.07) is -0.877. The van der Waals surface area contributed by atoms with Crippen LogP contribution >= 0.6 is 35.1 Å². The van der Waals surface area contributed by atoms with Gasteiger partial charge in [-0.3, -0.25) is 14.4 Å². The third kappa shape index (κ3) is 5.44. The molecule has 2 aliphatic heterocycles. The molecule has 15 nitrogen and oxygen atoms in total. The quantitative estimate of drug-likeness (QED) is 0.0807. The van der Waals surface area contributed by atoms with Crippen molar-refractivity contribution in [1.29, 1.82) is 0 Å². The summed E-state index contributed by atoms with van der Waals surface area (Å²) in [6.07, 6.45) is 3.00. The largest absolute Gasteiger partial charge is 0.481 e. The minimum atomic E-state index is -1.31. The molecular formula is C19H22N10O5S3. The Bertz CT molecular complexity index is 1260. The van der Waals surface area contributed by atoms with Crippen molar-refractivity contribution in [3.63, 3.8) is 0 Å². The average Bonchev–Trinajstić information content (AvgIpc) is 3.53. The number of aryl methyl sites for hydroxylation is 1. The summed E-state index contributed by atoms with van der Waals surface area (Å²) >= 11 is 3.33. The zero-order valence-electron chi connectivity index (χ0n) is 19.4. The van der Waals surface area contributed by atoms with Gasteiger partial charge in [0.15, 0.2) is 5.13 Å². The van der Waals surface area contributed by atoms with Crippen molar-refractivity contribution in [1.82, 2.24) is 39.8 Å². The van der Waals surface area contributed by atoms with E-state index in [-0.39, 0.29) is 35.6 Å². The number of nitrogens with one attached hydrogen (secondary N) is 1. The maximum Gasteiger partial charge on any atom is 0.316 e. The molecule has 2 aliphatic rings. The standard InChI is InChI=1S/C19H22N10O5S3/c1-3-6-34-24-10(12-22-17(20)37-25-12)13(30)21-11-14(31)28-8-19(16(32)33,9-36-15(11)28)5-7-35-18-23-26-27-29(18)4-2/h3,5,7,11,15H,1,4,6,8-9H2,2H3,(H,21,30)(H,32,33)(H2,20,22,25)/t11?,15-,19?/m1/s1. The second-order valence-electron chi connectivity index (χ2n) is 7.76. The number of aromatic nitrogens is 6. The predicted octanol–water partition coefficient (Wildman–Crippen LogP) is -0.190. The number of aliphatic carboxylic acids is 1. The molecule has 0 radical (unpaired) electrons. The van der Waals surface area contributed by atoms with E-state index in [0.717, 1.165) is 11.5 Å². The molecule has 2 amide bonds. The monoisotopic (exact) mass is 566 g/mol. The number of carboxylic acids is 1. The number of carbonyl (C=O) groups excluding carboxylic acids is 2. The molecule has 2 fully saturated rings. The SMILES string of the molecule is C=CCON=C(C(=O)NC1C(=O)N2CC(C=CSc3nnnn3CC)(C(=O)O)CS[C@H]12)c1nsc(N)n1. The van der Waals surface area contributed by atoms with Crippen LogP contribution in [0, 0.1) is 5.41 Å². The topological polar surface area (TPSA) is 204 Å². The van der Waals surface area contributed by atoms with Gasteiger partial charge in [-0.25, -0.2) is 4.68 Å². The molecule has 4 heterocycles. The molecule has 2 aromatic rings. The molecule has 0 aromatic carbocycles. The second kappa shape index (κ2) is 11.3. The number of nitrogens with zero attached hydrogens (tertiary/aromatic N) is 8. The summed E-state index contributed by atoms with van der Waals surface area (Å²) in [6.45, 7) is 5.96. The molecule has 3 atom stereocenters. The van der Waals surface area contributed by atoms with Gasteiger partial charge in [0.25, 0.3) is 5.91 Å². The molecule has 2 saturated heterocycles. The van der Waals surface area contributed by atoms with E-state index >= 15 is 0 Å². The molecule has 2 unspecified atom stereocenters. The average molecular weight is 567 g/mol. The first-order chi connectivity index (χ1) is 17.8. The predicted molar refractivity (Wildman–Crippen MR) is 135 cm³/mol. The number of oxime groups is 1. The van der Waals surface area contributed by atoms with E-state index in [9.17, 15) is 19.5 Å². The fourth-order valence-corrected chi connectivity index (χ4v) is 6.25. The fraction of sp³-hybridized carbons (Fsp3) is 0.421. The van der Waals surface area contributed by atoms with Crippen LogP contribution in [0.4, 0.5) is 5.13 Å². The first-order valence-electron chi connectivity index (χ1n) is 10.8. The van der Waals surface area contributed by atoms with Crippen molar-refractivity contribution < 1.29 is 24.3 Å². The van der Waals surface area contributed by atoms with Gasteiger partial charge in [-0.15, -0.1) is 16.9 Å². The summed E-state index contributed by atoms with van der Waals surface area (Å²) in [4.78, 5) is 48.5. The van der Waals surface area contributed by atoms with Gasteiger partial charge in [0.2, 0.25) is 22.6 Å². The normalized spacial score (nSPS) is 23.4. The number of hydrogen-bond donors (Lipinski definition) is 3.